The number of ether oxygens (including phenoxy) is 2. The van der Waals surface area contributed by atoms with Crippen molar-refractivity contribution < 1.29 is 9.47 Å². The Balaban J connectivity index is 2.26. The predicted molar refractivity (Wildman–Crippen MR) is 109 cm³/mol. The van der Waals surface area contributed by atoms with E-state index in [1.807, 2.05) is 51.2 Å². The maximum atomic E-state index is 6.06. The molecule has 0 aliphatic heterocycles. The Kier molecular flexibility index (Phi) is 6.67. The second kappa shape index (κ2) is 8.94. The van der Waals surface area contributed by atoms with Gasteiger partial charge in [-0.1, -0.05) is 12.1 Å². The lowest BCUT2D eigenvalue weighted by Gasteiger charge is -2.16. The number of nitrogens with zero attached hydrogens (tertiary/aromatic N) is 1. The van der Waals surface area contributed by atoms with Crippen molar-refractivity contribution in [2.75, 3.05) is 26.5 Å². The minimum Gasteiger partial charge on any atom is -0.496 e. The molecule has 2 rings (SSSR count). The monoisotopic (exact) mass is 353 g/mol. The Bertz CT molecular complexity index is 800. The lowest BCUT2D eigenvalue weighted by Crippen LogP contribution is -2.04. The predicted octanol–water partition coefficient (Wildman–Crippen LogP) is 4.01. The first kappa shape index (κ1) is 19.4. The highest BCUT2D eigenvalue weighted by atomic mass is 16.5. The fourth-order valence-corrected chi connectivity index (χ4v) is 2.80. The normalized spacial score (nSPS) is 12.0. The Morgan fingerprint density at radius 3 is 2.58 bits per heavy atom. The maximum Gasteiger partial charge on any atom is 0.127 e. The summed E-state index contributed by atoms with van der Waals surface area (Å²) in [7, 11) is 5.28. The summed E-state index contributed by atoms with van der Waals surface area (Å²) in [6.45, 7) is 4.31. The molecular weight excluding hydrogens is 326 g/mol. The SMILES string of the molecule is CN=CC(=C(C)N)c1ccc(OCc2c(NC)cccc2OC)c(C)c1. The van der Waals surface area contributed by atoms with E-state index < -0.39 is 0 Å². The molecule has 0 heterocycles. The summed E-state index contributed by atoms with van der Waals surface area (Å²) < 4.78 is 11.5. The van der Waals surface area contributed by atoms with Gasteiger partial charge in [0, 0.05) is 37.3 Å². The number of hydrogen-bond acceptors (Lipinski definition) is 5. The average molecular weight is 353 g/mol. The van der Waals surface area contributed by atoms with Gasteiger partial charge in [0.05, 0.1) is 12.7 Å². The largest absolute Gasteiger partial charge is 0.496 e. The summed E-state index contributed by atoms with van der Waals surface area (Å²) >= 11 is 0. The quantitative estimate of drug-likeness (QED) is 0.738. The van der Waals surface area contributed by atoms with Crippen LogP contribution in [0.25, 0.3) is 5.57 Å². The molecule has 5 nitrogen and oxygen atoms in total. The first-order valence-corrected chi connectivity index (χ1v) is 8.47. The van der Waals surface area contributed by atoms with Gasteiger partial charge in [-0.15, -0.1) is 0 Å². The van der Waals surface area contributed by atoms with Gasteiger partial charge in [-0.3, -0.25) is 4.99 Å². The van der Waals surface area contributed by atoms with E-state index in [0.29, 0.717) is 6.61 Å². The van der Waals surface area contributed by atoms with Gasteiger partial charge >= 0.3 is 0 Å². The van der Waals surface area contributed by atoms with Crippen LogP contribution in [-0.4, -0.2) is 27.4 Å². The Morgan fingerprint density at radius 1 is 1.23 bits per heavy atom. The molecule has 0 bridgehead atoms. The van der Waals surface area contributed by atoms with Crippen LogP contribution in [0.4, 0.5) is 5.69 Å². The maximum absolute atomic E-state index is 6.06. The summed E-state index contributed by atoms with van der Waals surface area (Å²) in [6, 6.07) is 11.9. The number of anilines is 1. The highest BCUT2D eigenvalue weighted by Gasteiger charge is 2.11. The number of aryl methyl sites for hydroxylation is 1. The van der Waals surface area contributed by atoms with Gasteiger partial charge in [0.25, 0.3) is 0 Å². The second-order valence-corrected chi connectivity index (χ2v) is 5.99. The van der Waals surface area contributed by atoms with Crippen LogP contribution in [0.2, 0.25) is 0 Å². The second-order valence-electron chi connectivity index (χ2n) is 5.99. The summed E-state index contributed by atoms with van der Waals surface area (Å²) in [5, 5.41) is 3.18. The Hall–Kier alpha value is -2.95. The minimum absolute atomic E-state index is 0.412. The molecule has 3 N–H and O–H groups in total. The number of aliphatic imine (C=N–C) groups is 1. The number of hydrogen-bond donors (Lipinski definition) is 2. The summed E-state index contributed by atoms with van der Waals surface area (Å²) in [5.74, 6) is 1.62. The van der Waals surface area contributed by atoms with Crippen molar-refractivity contribution in [3.63, 3.8) is 0 Å². The molecule has 2 aromatic rings. The van der Waals surface area contributed by atoms with Crippen molar-refractivity contribution in [1.82, 2.24) is 0 Å². The summed E-state index contributed by atoms with van der Waals surface area (Å²) in [5.41, 5.74) is 11.7. The van der Waals surface area contributed by atoms with Crippen molar-refractivity contribution >= 4 is 17.5 Å². The molecule has 26 heavy (non-hydrogen) atoms. The molecule has 5 heteroatoms. The van der Waals surface area contributed by atoms with E-state index in [0.717, 1.165) is 45.1 Å². The van der Waals surface area contributed by atoms with Crippen molar-refractivity contribution in [2.24, 2.45) is 10.7 Å². The molecule has 0 atom stereocenters. The van der Waals surface area contributed by atoms with Crippen molar-refractivity contribution in [2.45, 2.75) is 20.5 Å². The van der Waals surface area contributed by atoms with E-state index >= 15 is 0 Å². The third-order valence-electron chi connectivity index (χ3n) is 4.16. The van der Waals surface area contributed by atoms with Gasteiger partial charge in [-0.05, 0) is 49.2 Å². The summed E-state index contributed by atoms with van der Waals surface area (Å²) in [6.07, 6.45) is 1.78. The van der Waals surface area contributed by atoms with Crippen LogP contribution in [0.3, 0.4) is 0 Å². The molecule has 0 saturated heterocycles. The zero-order valence-corrected chi connectivity index (χ0v) is 16.1. The molecule has 0 saturated carbocycles. The van der Waals surface area contributed by atoms with Crippen LogP contribution < -0.4 is 20.5 Å². The Labute approximate surface area is 155 Å². The molecular formula is C21H27N3O2. The average Bonchev–Trinajstić information content (AvgIpc) is 2.64. The molecule has 2 aromatic carbocycles. The molecule has 0 amide bonds. The number of nitrogens with one attached hydrogen (secondary N) is 1. The molecule has 0 aliphatic rings. The highest BCUT2D eigenvalue weighted by molar-refractivity contribution is 6.10. The van der Waals surface area contributed by atoms with Gasteiger partial charge in [-0.25, -0.2) is 0 Å². The third-order valence-corrected chi connectivity index (χ3v) is 4.16. The van der Waals surface area contributed by atoms with Crippen LogP contribution in [0.1, 0.15) is 23.6 Å². The molecule has 0 spiro atoms. The van der Waals surface area contributed by atoms with Gasteiger partial charge in [0.1, 0.15) is 18.1 Å². The van der Waals surface area contributed by atoms with Gasteiger partial charge < -0.3 is 20.5 Å². The van der Waals surface area contributed by atoms with E-state index in [2.05, 4.69) is 16.4 Å². The third kappa shape index (κ3) is 4.36. The fraction of sp³-hybridized carbons (Fsp3) is 0.286. The first-order valence-electron chi connectivity index (χ1n) is 8.47. The molecule has 0 fully saturated rings. The smallest absolute Gasteiger partial charge is 0.127 e. The number of rotatable bonds is 7. The number of methoxy groups -OCH3 is 1. The van der Waals surface area contributed by atoms with Crippen LogP contribution in [0.5, 0.6) is 11.5 Å². The summed E-state index contributed by atoms with van der Waals surface area (Å²) in [4.78, 5) is 4.08. The van der Waals surface area contributed by atoms with E-state index in [1.165, 1.54) is 0 Å². The lowest BCUT2D eigenvalue weighted by molar-refractivity contribution is 0.295. The number of benzene rings is 2. The van der Waals surface area contributed by atoms with E-state index in [9.17, 15) is 0 Å². The lowest BCUT2D eigenvalue weighted by atomic mass is 10.0. The molecule has 0 aromatic heterocycles. The fourth-order valence-electron chi connectivity index (χ4n) is 2.80. The topological polar surface area (TPSA) is 68.9 Å². The van der Waals surface area contributed by atoms with E-state index in [-0.39, 0.29) is 0 Å². The van der Waals surface area contributed by atoms with Crippen molar-refractivity contribution in [3.05, 3.63) is 58.8 Å². The van der Waals surface area contributed by atoms with Crippen LogP contribution in [-0.2, 0) is 6.61 Å². The molecule has 0 radical (unpaired) electrons. The highest BCUT2D eigenvalue weighted by Crippen LogP contribution is 2.29. The number of allylic oxidation sites excluding steroid dienone is 2. The first-order chi connectivity index (χ1) is 12.5. The van der Waals surface area contributed by atoms with Crippen molar-refractivity contribution in [1.29, 1.82) is 0 Å². The van der Waals surface area contributed by atoms with Crippen LogP contribution >= 0.6 is 0 Å². The zero-order valence-electron chi connectivity index (χ0n) is 16.1. The van der Waals surface area contributed by atoms with Crippen LogP contribution in [0, 0.1) is 6.92 Å². The van der Waals surface area contributed by atoms with Crippen LogP contribution in [0.15, 0.2) is 47.1 Å². The van der Waals surface area contributed by atoms with Gasteiger partial charge in [0.2, 0.25) is 0 Å². The molecule has 0 aliphatic carbocycles. The Morgan fingerprint density at radius 2 is 2.00 bits per heavy atom. The van der Waals surface area contributed by atoms with Gasteiger partial charge in [0.15, 0.2) is 0 Å². The van der Waals surface area contributed by atoms with Gasteiger partial charge in [-0.2, -0.15) is 0 Å². The number of nitrogens with two attached hydrogens (primary N) is 1. The van der Waals surface area contributed by atoms with E-state index in [4.69, 9.17) is 15.2 Å². The minimum atomic E-state index is 0.412. The standard InChI is InChI=1S/C21H27N3O2/c1-14-11-16(17(12-23-3)15(2)22)9-10-20(14)26-13-18-19(24-4)7-6-8-21(18)25-5/h6-12,24H,13,22H2,1-5H3. The zero-order chi connectivity index (χ0) is 19.1. The van der Waals surface area contributed by atoms with Crippen molar-refractivity contribution in [3.8, 4) is 11.5 Å². The molecule has 0 unspecified atom stereocenters. The van der Waals surface area contributed by atoms with E-state index in [1.54, 1.807) is 20.4 Å². The molecule has 138 valence electrons.